The molecule has 0 aromatic carbocycles. The molecule has 0 saturated carbocycles. The van der Waals surface area contributed by atoms with Gasteiger partial charge in [0, 0.05) is 18.3 Å². The van der Waals surface area contributed by atoms with Crippen molar-refractivity contribution in [3.8, 4) is 0 Å². The van der Waals surface area contributed by atoms with E-state index in [0.29, 0.717) is 18.1 Å². The van der Waals surface area contributed by atoms with Crippen LogP contribution in [0.1, 0.15) is 52.3 Å². The molecular weight excluding hydrogens is 222 g/mol. The Balaban J connectivity index is 2.25. The molecule has 0 spiro atoms. The molecule has 1 aromatic heterocycles. The molecule has 2 unspecified atom stereocenters. The third-order valence-electron chi connectivity index (χ3n) is 4.47. The highest BCUT2D eigenvalue weighted by Gasteiger charge is 2.30. The van der Waals surface area contributed by atoms with Crippen molar-refractivity contribution in [1.82, 2.24) is 14.7 Å². The summed E-state index contributed by atoms with van der Waals surface area (Å²) in [7, 11) is 2.23. The summed E-state index contributed by atoms with van der Waals surface area (Å²) in [5.74, 6) is 0. The first-order valence-corrected chi connectivity index (χ1v) is 6.93. The molecule has 0 amide bonds. The molecule has 1 saturated heterocycles. The SMILES string of the molecule is CC=C(C)c1ccnn1C1CC(C)N(C)C(C)C1. The van der Waals surface area contributed by atoms with E-state index in [1.54, 1.807) is 0 Å². The summed E-state index contributed by atoms with van der Waals surface area (Å²) in [6.45, 7) is 8.88. The minimum atomic E-state index is 0.533. The summed E-state index contributed by atoms with van der Waals surface area (Å²) in [5.41, 5.74) is 2.58. The van der Waals surface area contributed by atoms with Crippen molar-refractivity contribution in [2.75, 3.05) is 7.05 Å². The third-order valence-corrected chi connectivity index (χ3v) is 4.47. The van der Waals surface area contributed by atoms with E-state index in [1.165, 1.54) is 24.1 Å². The van der Waals surface area contributed by atoms with Crippen molar-refractivity contribution in [2.24, 2.45) is 0 Å². The second-order valence-corrected chi connectivity index (χ2v) is 5.62. The first kappa shape index (κ1) is 13.3. The number of nitrogens with zero attached hydrogens (tertiary/aromatic N) is 3. The molecular formula is C15H25N3. The van der Waals surface area contributed by atoms with Crippen LogP contribution in [-0.2, 0) is 0 Å². The molecule has 3 heteroatoms. The van der Waals surface area contributed by atoms with E-state index >= 15 is 0 Å². The molecule has 2 atom stereocenters. The Kier molecular flexibility index (Phi) is 3.91. The first-order valence-electron chi connectivity index (χ1n) is 6.93. The van der Waals surface area contributed by atoms with Gasteiger partial charge in [-0.05, 0) is 59.2 Å². The fraction of sp³-hybridized carbons (Fsp3) is 0.667. The Bertz CT molecular complexity index is 421. The van der Waals surface area contributed by atoms with Gasteiger partial charge in [-0.2, -0.15) is 5.10 Å². The molecule has 18 heavy (non-hydrogen) atoms. The van der Waals surface area contributed by atoms with Crippen molar-refractivity contribution < 1.29 is 0 Å². The minimum absolute atomic E-state index is 0.533. The van der Waals surface area contributed by atoms with Crippen LogP contribution in [0.3, 0.4) is 0 Å². The second-order valence-electron chi connectivity index (χ2n) is 5.62. The van der Waals surface area contributed by atoms with Crippen LogP contribution in [0.4, 0.5) is 0 Å². The van der Waals surface area contributed by atoms with E-state index in [4.69, 9.17) is 0 Å². The predicted molar refractivity (Wildman–Crippen MR) is 76.5 cm³/mol. The van der Waals surface area contributed by atoms with Crippen molar-refractivity contribution in [3.63, 3.8) is 0 Å². The van der Waals surface area contributed by atoms with Crippen LogP contribution < -0.4 is 0 Å². The number of hydrogen-bond acceptors (Lipinski definition) is 2. The van der Waals surface area contributed by atoms with Crippen molar-refractivity contribution in [2.45, 2.75) is 58.7 Å². The van der Waals surface area contributed by atoms with Gasteiger partial charge < -0.3 is 4.90 Å². The Morgan fingerprint density at radius 1 is 1.33 bits per heavy atom. The van der Waals surface area contributed by atoms with Gasteiger partial charge in [-0.1, -0.05) is 6.08 Å². The highest BCUT2D eigenvalue weighted by atomic mass is 15.3. The van der Waals surface area contributed by atoms with E-state index in [9.17, 15) is 0 Å². The lowest BCUT2D eigenvalue weighted by Crippen LogP contribution is -2.44. The average molecular weight is 247 g/mol. The Labute approximate surface area is 110 Å². The van der Waals surface area contributed by atoms with Gasteiger partial charge in [0.05, 0.1) is 11.7 Å². The van der Waals surface area contributed by atoms with Gasteiger partial charge in [-0.3, -0.25) is 4.68 Å². The van der Waals surface area contributed by atoms with Crippen LogP contribution in [0.15, 0.2) is 18.3 Å². The van der Waals surface area contributed by atoms with Crippen molar-refractivity contribution in [1.29, 1.82) is 0 Å². The molecule has 1 aliphatic rings. The summed E-state index contributed by atoms with van der Waals surface area (Å²) in [4.78, 5) is 2.47. The maximum Gasteiger partial charge on any atom is 0.0639 e. The van der Waals surface area contributed by atoms with Crippen molar-refractivity contribution >= 4 is 5.57 Å². The zero-order valence-electron chi connectivity index (χ0n) is 12.2. The normalized spacial score (nSPS) is 30.7. The van der Waals surface area contributed by atoms with Crippen LogP contribution in [0, 0.1) is 0 Å². The van der Waals surface area contributed by atoms with Gasteiger partial charge in [-0.25, -0.2) is 0 Å². The number of piperidine rings is 1. The van der Waals surface area contributed by atoms with Gasteiger partial charge in [0.2, 0.25) is 0 Å². The monoisotopic (exact) mass is 247 g/mol. The Hall–Kier alpha value is -1.09. The zero-order valence-corrected chi connectivity index (χ0v) is 12.2. The summed E-state index contributed by atoms with van der Waals surface area (Å²) < 4.78 is 2.23. The van der Waals surface area contributed by atoms with E-state index in [1.807, 2.05) is 6.20 Å². The van der Waals surface area contributed by atoms with E-state index < -0.39 is 0 Å². The van der Waals surface area contributed by atoms with Crippen LogP contribution in [0.25, 0.3) is 5.57 Å². The minimum Gasteiger partial charge on any atom is -0.301 e. The van der Waals surface area contributed by atoms with Gasteiger partial charge in [0.15, 0.2) is 0 Å². The molecule has 100 valence electrons. The third kappa shape index (κ3) is 2.37. The smallest absolute Gasteiger partial charge is 0.0639 e. The predicted octanol–water partition coefficient (Wildman–Crippen LogP) is 3.35. The molecule has 1 aromatic rings. The number of allylic oxidation sites excluding steroid dienone is 2. The second kappa shape index (κ2) is 5.27. The molecule has 1 aliphatic heterocycles. The molecule has 0 aliphatic carbocycles. The van der Waals surface area contributed by atoms with E-state index in [0.717, 1.165) is 0 Å². The first-order chi connectivity index (χ1) is 8.54. The maximum atomic E-state index is 4.56. The fourth-order valence-corrected chi connectivity index (χ4v) is 2.92. The molecule has 2 heterocycles. The molecule has 0 N–H and O–H groups in total. The van der Waals surface area contributed by atoms with Gasteiger partial charge in [0.1, 0.15) is 0 Å². The van der Waals surface area contributed by atoms with Crippen molar-refractivity contribution in [3.05, 3.63) is 24.0 Å². The zero-order chi connectivity index (χ0) is 13.3. The summed E-state index contributed by atoms with van der Waals surface area (Å²) >= 11 is 0. The lowest BCUT2D eigenvalue weighted by Gasteiger charge is -2.40. The molecule has 2 rings (SSSR count). The number of likely N-dealkylation sites (tertiary alicyclic amines) is 1. The van der Waals surface area contributed by atoms with Crippen LogP contribution in [-0.4, -0.2) is 33.8 Å². The van der Waals surface area contributed by atoms with E-state index in [2.05, 4.69) is 61.6 Å². The summed E-state index contributed by atoms with van der Waals surface area (Å²) in [5, 5.41) is 4.56. The van der Waals surface area contributed by atoms with E-state index in [-0.39, 0.29) is 0 Å². The quantitative estimate of drug-likeness (QED) is 0.799. The lowest BCUT2D eigenvalue weighted by molar-refractivity contribution is 0.0965. The number of aromatic nitrogens is 2. The summed E-state index contributed by atoms with van der Waals surface area (Å²) in [6.07, 6.45) is 6.46. The molecule has 0 radical (unpaired) electrons. The van der Waals surface area contributed by atoms with Gasteiger partial charge >= 0.3 is 0 Å². The molecule has 3 nitrogen and oxygen atoms in total. The van der Waals surface area contributed by atoms with Crippen LogP contribution in [0.5, 0.6) is 0 Å². The molecule has 0 bridgehead atoms. The topological polar surface area (TPSA) is 21.1 Å². The Morgan fingerprint density at radius 2 is 1.94 bits per heavy atom. The lowest BCUT2D eigenvalue weighted by atomic mass is 9.93. The fourth-order valence-electron chi connectivity index (χ4n) is 2.92. The highest BCUT2D eigenvalue weighted by Crippen LogP contribution is 2.31. The summed E-state index contributed by atoms with van der Waals surface area (Å²) in [6, 6.07) is 3.91. The van der Waals surface area contributed by atoms with Gasteiger partial charge in [-0.15, -0.1) is 0 Å². The van der Waals surface area contributed by atoms with Crippen LogP contribution >= 0.6 is 0 Å². The largest absolute Gasteiger partial charge is 0.301 e. The highest BCUT2D eigenvalue weighted by molar-refractivity contribution is 5.60. The number of hydrogen-bond donors (Lipinski definition) is 0. The van der Waals surface area contributed by atoms with Crippen LogP contribution in [0.2, 0.25) is 0 Å². The Morgan fingerprint density at radius 3 is 2.50 bits per heavy atom. The maximum absolute atomic E-state index is 4.56. The number of rotatable bonds is 2. The van der Waals surface area contributed by atoms with Gasteiger partial charge in [0.25, 0.3) is 0 Å². The average Bonchev–Trinajstić information content (AvgIpc) is 2.83. The molecule has 1 fully saturated rings. The standard InChI is InChI=1S/C15H25N3/c1-6-11(2)15-7-8-16-18(15)14-9-12(3)17(5)13(4)10-14/h6-8,12-14H,9-10H2,1-5H3.